The number of nitrogens with one attached hydrogen (secondary N) is 1. The van der Waals surface area contributed by atoms with Crippen molar-refractivity contribution in [3.8, 4) is 11.5 Å². The number of benzene rings is 1. The largest absolute Gasteiger partial charge is 0.352 e. The van der Waals surface area contributed by atoms with Crippen molar-refractivity contribution in [3.05, 3.63) is 66.1 Å². The van der Waals surface area contributed by atoms with Gasteiger partial charge in [-0.05, 0) is 70.1 Å². The predicted molar refractivity (Wildman–Crippen MR) is 119 cm³/mol. The molecule has 1 N–H and O–H groups in total. The second kappa shape index (κ2) is 9.76. The van der Waals surface area contributed by atoms with E-state index in [9.17, 15) is 4.79 Å². The van der Waals surface area contributed by atoms with Crippen molar-refractivity contribution in [3.63, 3.8) is 0 Å². The standard InChI is InChI=1S/C24H31N5O/c1-20-22(23(30)25-14-11-17-27-15-7-2-3-8-16-27)24(28-18-9-10-19-28)29(26-20)21-12-5-4-6-13-21/h4-6,9-10,12-13,18-19H,2-3,7-8,11,14-17H2,1H3,(H,25,30). The van der Waals surface area contributed by atoms with Crippen molar-refractivity contribution in [2.24, 2.45) is 0 Å². The summed E-state index contributed by atoms with van der Waals surface area (Å²) < 4.78 is 3.81. The SMILES string of the molecule is Cc1nn(-c2ccccc2)c(-n2cccc2)c1C(=O)NCCCN1CCCCCC1. The van der Waals surface area contributed by atoms with Crippen molar-refractivity contribution in [2.75, 3.05) is 26.2 Å². The molecule has 2 aromatic heterocycles. The van der Waals surface area contributed by atoms with Crippen LogP contribution in [0.4, 0.5) is 0 Å². The van der Waals surface area contributed by atoms with Gasteiger partial charge in [0.1, 0.15) is 5.56 Å². The van der Waals surface area contributed by atoms with Gasteiger partial charge in [0.25, 0.3) is 5.91 Å². The van der Waals surface area contributed by atoms with Crippen molar-refractivity contribution in [2.45, 2.75) is 39.0 Å². The lowest BCUT2D eigenvalue weighted by Gasteiger charge is -2.19. The van der Waals surface area contributed by atoms with E-state index in [1.54, 1.807) is 0 Å². The van der Waals surface area contributed by atoms with Crippen LogP contribution in [0.5, 0.6) is 0 Å². The maximum Gasteiger partial charge on any atom is 0.256 e. The number of rotatable bonds is 7. The number of carbonyl (C=O) groups is 1. The lowest BCUT2D eigenvalue weighted by Crippen LogP contribution is -2.31. The second-order valence-corrected chi connectivity index (χ2v) is 7.99. The highest BCUT2D eigenvalue weighted by Gasteiger charge is 2.23. The lowest BCUT2D eigenvalue weighted by molar-refractivity contribution is 0.0951. The van der Waals surface area contributed by atoms with Crippen molar-refractivity contribution in [1.29, 1.82) is 0 Å². The fraction of sp³-hybridized carbons (Fsp3) is 0.417. The first-order valence-electron chi connectivity index (χ1n) is 11.0. The van der Waals surface area contributed by atoms with Gasteiger partial charge in [-0.25, -0.2) is 4.68 Å². The fourth-order valence-corrected chi connectivity index (χ4v) is 4.20. The zero-order valence-corrected chi connectivity index (χ0v) is 17.8. The fourth-order valence-electron chi connectivity index (χ4n) is 4.20. The molecule has 0 atom stereocenters. The summed E-state index contributed by atoms with van der Waals surface area (Å²) in [4.78, 5) is 15.7. The Kier molecular flexibility index (Phi) is 6.64. The van der Waals surface area contributed by atoms with E-state index >= 15 is 0 Å². The van der Waals surface area contributed by atoms with Gasteiger partial charge < -0.3 is 14.8 Å². The average molecular weight is 406 g/mol. The summed E-state index contributed by atoms with van der Waals surface area (Å²) in [5.41, 5.74) is 2.29. The van der Waals surface area contributed by atoms with E-state index in [4.69, 9.17) is 5.10 Å². The van der Waals surface area contributed by atoms with Crippen molar-refractivity contribution < 1.29 is 4.79 Å². The Bertz CT molecular complexity index is 938. The minimum Gasteiger partial charge on any atom is -0.352 e. The Morgan fingerprint density at radius 1 is 1.00 bits per heavy atom. The first-order valence-corrected chi connectivity index (χ1v) is 11.0. The normalized spacial score (nSPS) is 15.1. The predicted octanol–water partition coefficient (Wildman–Crippen LogP) is 3.97. The molecule has 158 valence electrons. The third-order valence-electron chi connectivity index (χ3n) is 5.75. The zero-order valence-electron chi connectivity index (χ0n) is 17.8. The molecule has 1 aromatic carbocycles. The van der Waals surface area contributed by atoms with Crippen molar-refractivity contribution >= 4 is 5.91 Å². The number of aromatic nitrogens is 3. The smallest absolute Gasteiger partial charge is 0.256 e. The van der Waals surface area contributed by atoms with E-state index in [2.05, 4.69) is 10.2 Å². The second-order valence-electron chi connectivity index (χ2n) is 7.99. The molecule has 1 saturated heterocycles. The Morgan fingerprint density at radius 3 is 2.40 bits per heavy atom. The highest BCUT2D eigenvalue weighted by Crippen LogP contribution is 2.23. The van der Waals surface area contributed by atoms with Crippen LogP contribution in [0.3, 0.4) is 0 Å². The minimum absolute atomic E-state index is 0.0609. The number of likely N-dealkylation sites (tertiary alicyclic amines) is 1. The number of para-hydroxylation sites is 1. The summed E-state index contributed by atoms with van der Waals surface area (Å²) in [6.45, 7) is 6.01. The van der Waals surface area contributed by atoms with Gasteiger partial charge in [0.15, 0.2) is 5.82 Å². The molecule has 6 heteroatoms. The number of hydrogen-bond donors (Lipinski definition) is 1. The van der Waals surface area contributed by atoms with E-state index < -0.39 is 0 Å². The molecule has 0 saturated carbocycles. The van der Waals surface area contributed by atoms with E-state index in [0.29, 0.717) is 12.1 Å². The monoisotopic (exact) mass is 405 g/mol. The summed E-state index contributed by atoms with van der Waals surface area (Å²) in [7, 11) is 0. The van der Waals surface area contributed by atoms with Gasteiger partial charge in [0.05, 0.1) is 11.4 Å². The summed E-state index contributed by atoms with van der Waals surface area (Å²) in [5.74, 6) is 0.711. The van der Waals surface area contributed by atoms with Crippen LogP contribution in [-0.2, 0) is 0 Å². The first kappa shape index (κ1) is 20.4. The first-order chi connectivity index (χ1) is 14.7. The van der Waals surface area contributed by atoms with Crippen LogP contribution in [0.1, 0.15) is 48.2 Å². The molecule has 30 heavy (non-hydrogen) atoms. The topological polar surface area (TPSA) is 55.1 Å². The molecule has 3 aromatic rings. The van der Waals surface area contributed by atoms with Crippen LogP contribution in [-0.4, -0.2) is 51.3 Å². The lowest BCUT2D eigenvalue weighted by atomic mass is 10.2. The maximum atomic E-state index is 13.1. The van der Waals surface area contributed by atoms with E-state index in [1.165, 1.54) is 38.8 Å². The Balaban J connectivity index is 1.49. The van der Waals surface area contributed by atoms with Crippen LogP contribution < -0.4 is 5.32 Å². The Hall–Kier alpha value is -2.86. The van der Waals surface area contributed by atoms with Gasteiger partial charge >= 0.3 is 0 Å². The van der Waals surface area contributed by atoms with E-state index in [1.807, 2.05) is 71.0 Å². The van der Waals surface area contributed by atoms with Crippen LogP contribution in [0, 0.1) is 6.92 Å². The molecule has 0 radical (unpaired) electrons. The molecule has 4 rings (SSSR count). The summed E-state index contributed by atoms with van der Waals surface area (Å²) in [6.07, 6.45) is 10.2. The number of nitrogens with zero attached hydrogens (tertiary/aromatic N) is 4. The molecule has 0 bridgehead atoms. The molecule has 1 aliphatic heterocycles. The van der Waals surface area contributed by atoms with Gasteiger partial charge in [-0.2, -0.15) is 5.10 Å². The number of carbonyl (C=O) groups excluding carboxylic acids is 1. The van der Waals surface area contributed by atoms with E-state index in [0.717, 1.165) is 30.2 Å². The van der Waals surface area contributed by atoms with Crippen LogP contribution in [0.25, 0.3) is 11.5 Å². The third-order valence-corrected chi connectivity index (χ3v) is 5.75. The molecule has 1 fully saturated rings. The summed E-state index contributed by atoms with van der Waals surface area (Å²) in [6, 6.07) is 13.9. The molecule has 3 heterocycles. The van der Waals surface area contributed by atoms with Crippen LogP contribution in [0.2, 0.25) is 0 Å². The van der Waals surface area contributed by atoms with Gasteiger partial charge in [0.2, 0.25) is 0 Å². The summed E-state index contributed by atoms with van der Waals surface area (Å²) in [5, 5.41) is 7.83. The van der Waals surface area contributed by atoms with Gasteiger partial charge in [0, 0.05) is 18.9 Å². The number of amides is 1. The van der Waals surface area contributed by atoms with Gasteiger partial charge in [-0.15, -0.1) is 0 Å². The third kappa shape index (κ3) is 4.65. The maximum absolute atomic E-state index is 13.1. The van der Waals surface area contributed by atoms with Crippen LogP contribution in [0.15, 0.2) is 54.9 Å². The molecular formula is C24H31N5O. The van der Waals surface area contributed by atoms with Crippen LogP contribution >= 0.6 is 0 Å². The van der Waals surface area contributed by atoms with Gasteiger partial charge in [-0.1, -0.05) is 31.0 Å². The average Bonchev–Trinajstić information content (AvgIpc) is 3.33. The molecule has 1 amide bonds. The summed E-state index contributed by atoms with van der Waals surface area (Å²) >= 11 is 0. The zero-order chi connectivity index (χ0) is 20.8. The Morgan fingerprint density at radius 2 is 1.70 bits per heavy atom. The Labute approximate surface area is 178 Å². The number of aryl methyl sites for hydroxylation is 1. The van der Waals surface area contributed by atoms with E-state index in [-0.39, 0.29) is 5.91 Å². The quantitative estimate of drug-likeness (QED) is 0.605. The number of hydrogen-bond acceptors (Lipinski definition) is 3. The highest BCUT2D eigenvalue weighted by atomic mass is 16.1. The van der Waals surface area contributed by atoms with Gasteiger partial charge in [-0.3, -0.25) is 4.79 Å². The highest BCUT2D eigenvalue weighted by molar-refractivity contribution is 5.98. The molecule has 0 unspecified atom stereocenters. The molecule has 6 nitrogen and oxygen atoms in total. The molecular weight excluding hydrogens is 374 g/mol. The van der Waals surface area contributed by atoms with Crippen molar-refractivity contribution in [1.82, 2.24) is 24.6 Å². The molecule has 0 spiro atoms. The molecule has 0 aliphatic carbocycles. The molecule has 1 aliphatic rings. The minimum atomic E-state index is -0.0609.